The normalized spacial score (nSPS) is 15.3. The number of nitrogens with zero attached hydrogens (tertiary/aromatic N) is 3. The van der Waals surface area contributed by atoms with E-state index < -0.39 is 5.91 Å². The van der Waals surface area contributed by atoms with Crippen LogP contribution in [0.1, 0.15) is 30.5 Å². The van der Waals surface area contributed by atoms with Crippen LogP contribution in [0.2, 0.25) is 5.02 Å². The Hall–Kier alpha value is -4.28. The predicted octanol–water partition coefficient (Wildman–Crippen LogP) is 6.77. The minimum Gasteiger partial charge on any atom is -0.490 e. The molecule has 0 spiro atoms. The van der Waals surface area contributed by atoms with E-state index in [0.29, 0.717) is 51.3 Å². The number of hydrogen-bond acceptors (Lipinski definition) is 8. The smallest absolute Gasteiger partial charge is 0.283 e. The summed E-state index contributed by atoms with van der Waals surface area (Å²) in [6, 6.07) is 18.9. The Morgan fingerprint density at radius 1 is 0.977 bits per heavy atom. The van der Waals surface area contributed by atoms with E-state index in [1.54, 1.807) is 18.2 Å². The molecule has 0 bridgehead atoms. The van der Waals surface area contributed by atoms with E-state index in [-0.39, 0.29) is 24.6 Å². The molecule has 0 aromatic heterocycles. The van der Waals surface area contributed by atoms with Crippen molar-refractivity contribution in [3.05, 3.63) is 87.9 Å². The summed E-state index contributed by atoms with van der Waals surface area (Å²) in [6.07, 6.45) is 2.48. The van der Waals surface area contributed by atoms with Gasteiger partial charge in [0, 0.05) is 0 Å². The first-order valence-electron chi connectivity index (χ1n) is 13.8. The third kappa shape index (κ3) is 7.39. The first kappa shape index (κ1) is 30.2. The lowest BCUT2D eigenvalue weighted by Gasteiger charge is -2.20. The van der Waals surface area contributed by atoms with Crippen LogP contribution in [0.5, 0.6) is 23.0 Å². The Kier molecular flexibility index (Phi) is 9.68. The number of fused-ring (bicyclic) bond motifs is 1. The van der Waals surface area contributed by atoms with Gasteiger partial charge in [-0.1, -0.05) is 42.8 Å². The number of thioether (sulfide) groups is 1. The average molecular weight is 619 g/mol. The minimum atomic E-state index is -0.543. The minimum absolute atomic E-state index is 0.0727. The van der Waals surface area contributed by atoms with E-state index in [1.165, 1.54) is 22.3 Å². The number of amidine groups is 2. The highest BCUT2D eigenvalue weighted by molar-refractivity contribution is 8.27. The molecule has 3 aromatic carbocycles. The predicted molar refractivity (Wildman–Crippen MR) is 171 cm³/mol. The zero-order chi connectivity index (χ0) is 30.3. The standard InChI is InChI=1S/C32H31ClN4O5S/c1-4-21-13-20(3)14-24(15-21)40-11-12-41-29-26(33)17-22(18-27(29)39-5-2)16-25-30(34)37-32(35-31(25)38)43-28(36-37)19-42-23-9-7-6-8-10-23/h6-10,13-18,34H,4-5,11-12,19H2,1-3H3/b25-16-,34-30?. The molecule has 11 heteroatoms. The Labute approximate surface area is 259 Å². The highest BCUT2D eigenvalue weighted by Gasteiger charge is 2.36. The molecule has 0 atom stereocenters. The lowest BCUT2D eigenvalue weighted by atomic mass is 10.1. The topological polar surface area (TPSA) is 106 Å². The molecule has 0 fully saturated rings. The van der Waals surface area contributed by atoms with Gasteiger partial charge >= 0.3 is 0 Å². The number of halogens is 1. The molecule has 2 heterocycles. The second kappa shape index (κ2) is 13.8. The first-order valence-corrected chi connectivity index (χ1v) is 15.0. The Morgan fingerprint density at radius 3 is 2.53 bits per heavy atom. The molecule has 0 unspecified atom stereocenters. The summed E-state index contributed by atoms with van der Waals surface area (Å²) in [5.74, 6) is 1.65. The first-order chi connectivity index (χ1) is 20.8. The number of rotatable bonds is 12. The highest BCUT2D eigenvalue weighted by atomic mass is 35.5. The van der Waals surface area contributed by atoms with Crippen molar-refractivity contribution >= 4 is 51.4 Å². The van der Waals surface area contributed by atoms with Gasteiger partial charge in [0.1, 0.15) is 36.4 Å². The number of hydrazone groups is 1. The average Bonchev–Trinajstić information content (AvgIpc) is 3.40. The van der Waals surface area contributed by atoms with Crippen molar-refractivity contribution in [3.63, 3.8) is 0 Å². The zero-order valence-corrected chi connectivity index (χ0v) is 25.6. The number of benzene rings is 3. The van der Waals surface area contributed by atoms with Crippen molar-refractivity contribution in [2.45, 2.75) is 27.2 Å². The second-order valence-corrected chi connectivity index (χ2v) is 11.0. The number of ether oxygens (including phenoxy) is 4. The molecule has 1 N–H and O–H groups in total. The molecule has 0 saturated heterocycles. The van der Waals surface area contributed by atoms with Crippen molar-refractivity contribution in [3.8, 4) is 23.0 Å². The van der Waals surface area contributed by atoms with Gasteiger partial charge in [-0.15, -0.1) is 0 Å². The number of carbonyl (C=O) groups excluding carboxylic acids is 1. The van der Waals surface area contributed by atoms with E-state index in [0.717, 1.165) is 17.7 Å². The third-order valence-electron chi connectivity index (χ3n) is 6.36. The summed E-state index contributed by atoms with van der Waals surface area (Å²) < 4.78 is 23.4. The Morgan fingerprint density at radius 2 is 1.77 bits per heavy atom. The quantitative estimate of drug-likeness (QED) is 0.176. The second-order valence-electron chi connectivity index (χ2n) is 9.58. The van der Waals surface area contributed by atoms with Crippen LogP contribution in [0.3, 0.4) is 0 Å². The van der Waals surface area contributed by atoms with Crippen molar-refractivity contribution < 1.29 is 23.7 Å². The van der Waals surface area contributed by atoms with Gasteiger partial charge in [-0.05, 0) is 91.2 Å². The summed E-state index contributed by atoms with van der Waals surface area (Å²) in [7, 11) is 0. The number of amides is 1. The molecule has 9 nitrogen and oxygen atoms in total. The van der Waals surface area contributed by atoms with Crippen LogP contribution < -0.4 is 18.9 Å². The van der Waals surface area contributed by atoms with E-state index in [4.69, 9.17) is 36.0 Å². The van der Waals surface area contributed by atoms with Crippen LogP contribution in [-0.4, -0.2) is 53.4 Å². The van der Waals surface area contributed by atoms with Crippen LogP contribution in [0.25, 0.3) is 6.08 Å². The molecule has 5 rings (SSSR count). The van der Waals surface area contributed by atoms with Gasteiger partial charge in [0.25, 0.3) is 5.91 Å². The number of aryl methyl sites for hydroxylation is 2. The maximum absolute atomic E-state index is 12.9. The Bertz CT molecular complexity index is 1620. The molecule has 43 heavy (non-hydrogen) atoms. The van der Waals surface area contributed by atoms with E-state index >= 15 is 0 Å². The van der Waals surface area contributed by atoms with Crippen molar-refractivity contribution in [1.82, 2.24) is 5.01 Å². The van der Waals surface area contributed by atoms with Crippen molar-refractivity contribution in [2.24, 2.45) is 10.1 Å². The summed E-state index contributed by atoms with van der Waals surface area (Å²) in [5, 5.41) is 15.7. The molecular formula is C32H31ClN4O5S. The van der Waals surface area contributed by atoms with Gasteiger partial charge in [0.2, 0.25) is 5.17 Å². The zero-order valence-electron chi connectivity index (χ0n) is 24.1. The largest absolute Gasteiger partial charge is 0.490 e. The van der Waals surface area contributed by atoms with Gasteiger partial charge in [0.05, 0.1) is 17.2 Å². The fraction of sp³-hybridized carbons (Fsp3) is 0.250. The summed E-state index contributed by atoms with van der Waals surface area (Å²) in [4.78, 5) is 17.1. The van der Waals surface area contributed by atoms with E-state index in [9.17, 15) is 4.79 Å². The van der Waals surface area contributed by atoms with Crippen LogP contribution in [0, 0.1) is 12.3 Å². The lowest BCUT2D eigenvalue weighted by Crippen LogP contribution is -2.35. The van der Waals surface area contributed by atoms with E-state index in [1.807, 2.05) is 56.3 Å². The fourth-order valence-electron chi connectivity index (χ4n) is 4.41. The van der Waals surface area contributed by atoms with Crippen molar-refractivity contribution in [1.29, 1.82) is 5.41 Å². The highest BCUT2D eigenvalue weighted by Crippen LogP contribution is 2.38. The molecule has 0 aliphatic carbocycles. The van der Waals surface area contributed by atoms with Crippen LogP contribution in [0.15, 0.2) is 76.3 Å². The fourth-order valence-corrected chi connectivity index (χ4v) is 5.48. The SMILES string of the molecule is CCOc1cc(/C=C2/C(=N)N3N=C(COc4ccccc4)SC3=NC2=O)cc(Cl)c1OCCOc1cc(C)cc(CC)c1. The summed E-state index contributed by atoms with van der Waals surface area (Å²) in [6.45, 7) is 7.13. The molecule has 0 radical (unpaired) electrons. The molecular weight excluding hydrogens is 588 g/mol. The molecule has 0 saturated carbocycles. The lowest BCUT2D eigenvalue weighted by molar-refractivity contribution is -0.114. The van der Waals surface area contributed by atoms with Crippen LogP contribution in [-0.2, 0) is 11.2 Å². The number of carbonyl (C=O) groups is 1. The molecule has 2 aliphatic rings. The maximum atomic E-state index is 12.9. The van der Waals surface area contributed by atoms with Gasteiger partial charge < -0.3 is 18.9 Å². The monoisotopic (exact) mass is 618 g/mol. The van der Waals surface area contributed by atoms with Gasteiger partial charge in [-0.2, -0.15) is 15.1 Å². The van der Waals surface area contributed by atoms with Crippen LogP contribution >= 0.6 is 23.4 Å². The summed E-state index contributed by atoms with van der Waals surface area (Å²) >= 11 is 7.82. The maximum Gasteiger partial charge on any atom is 0.283 e. The molecule has 3 aromatic rings. The molecule has 222 valence electrons. The Balaban J connectivity index is 1.28. The number of nitrogens with one attached hydrogen (secondary N) is 1. The van der Waals surface area contributed by atoms with Gasteiger partial charge in [-0.3, -0.25) is 10.2 Å². The number of para-hydroxylation sites is 1. The van der Waals surface area contributed by atoms with Crippen LogP contribution in [0.4, 0.5) is 0 Å². The third-order valence-corrected chi connectivity index (χ3v) is 7.52. The number of aliphatic imine (C=N–C) groups is 1. The summed E-state index contributed by atoms with van der Waals surface area (Å²) in [5.41, 5.74) is 2.98. The molecule has 2 aliphatic heterocycles. The molecule has 1 amide bonds. The van der Waals surface area contributed by atoms with E-state index in [2.05, 4.69) is 23.1 Å². The van der Waals surface area contributed by atoms with Gasteiger partial charge in [-0.25, -0.2) is 0 Å². The van der Waals surface area contributed by atoms with Gasteiger partial charge in [0.15, 0.2) is 17.3 Å². The number of hydrogen-bond donors (Lipinski definition) is 1. The van der Waals surface area contributed by atoms with Crippen molar-refractivity contribution in [2.75, 3.05) is 26.4 Å².